The number of para-hydroxylation sites is 1. The van der Waals surface area contributed by atoms with E-state index in [0.717, 1.165) is 16.5 Å². The highest BCUT2D eigenvalue weighted by molar-refractivity contribution is 5.92. The van der Waals surface area contributed by atoms with Crippen molar-refractivity contribution in [3.05, 3.63) is 36.0 Å². The molecular formula is C22H30N4O6. The minimum Gasteiger partial charge on any atom is -0.481 e. The third-order valence-electron chi connectivity index (χ3n) is 5.51. The fraction of sp³-hybridized carbons (Fsp3) is 0.455. The number of carbonyl (C=O) groups excluding carboxylic acids is 2. The van der Waals surface area contributed by atoms with Gasteiger partial charge in [-0.1, -0.05) is 38.5 Å². The molecular weight excluding hydrogens is 416 g/mol. The highest BCUT2D eigenvalue weighted by atomic mass is 16.4. The lowest BCUT2D eigenvalue weighted by Crippen LogP contribution is -2.57. The largest absolute Gasteiger partial charge is 0.481 e. The molecule has 2 amide bonds. The van der Waals surface area contributed by atoms with Gasteiger partial charge in [0.05, 0.1) is 6.04 Å². The van der Waals surface area contributed by atoms with Crippen LogP contribution in [0.5, 0.6) is 0 Å². The Morgan fingerprint density at radius 1 is 1.09 bits per heavy atom. The number of aromatic nitrogens is 1. The average Bonchev–Trinajstić information content (AvgIpc) is 3.17. The van der Waals surface area contributed by atoms with Crippen molar-refractivity contribution in [1.82, 2.24) is 15.6 Å². The van der Waals surface area contributed by atoms with Crippen LogP contribution in [0.25, 0.3) is 10.9 Å². The number of benzene rings is 1. The van der Waals surface area contributed by atoms with Crippen molar-refractivity contribution in [1.29, 1.82) is 0 Å². The molecule has 0 aliphatic heterocycles. The van der Waals surface area contributed by atoms with Gasteiger partial charge >= 0.3 is 11.9 Å². The highest BCUT2D eigenvalue weighted by Gasteiger charge is 2.31. The molecule has 32 heavy (non-hydrogen) atoms. The van der Waals surface area contributed by atoms with Gasteiger partial charge in [0.1, 0.15) is 12.1 Å². The summed E-state index contributed by atoms with van der Waals surface area (Å²) in [6, 6.07) is 4.14. The van der Waals surface area contributed by atoms with Crippen molar-refractivity contribution in [2.24, 2.45) is 11.7 Å². The third-order valence-corrected chi connectivity index (χ3v) is 5.51. The maximum absolute atomic E-state index is 12.9. The van der Waals surface area contributed by atoms with Crippen LogP contribution in [0.1, 0.15) is 38.7 Å². The van der Waals surface area contributed by atoms with Crippen LogP contribution in [0.15, 0.2) is 30.5 Å². The van der Waals surface area contributed by atoms with Gasteiger partial charge in [0, 0.05) is 29.9 Å². The molecule has 0 bridgehead atoms. The Bertz CT molecular complexity index is 972. The van der Waals surface area contributed by atoms with E-state index in [0.29, 0.717) is 6.42 Å². The van der Waals surface area contributed by atoms with Gasteiger partial charge in [-0.2, -0.15) is 0 Å². The molecule has 0 saturated heterocycles. The molecule has 0 fully saturated rings. The van der Waals surface area contributed by atoms with Gasteiger partial charge in [0.25, 0.3) is 0 Å². The van der Waals surface area contributed by atoms with Crippen LogP contribution < -0.4 is 16.4 Å². The molecule has 174 valence electrons. The van der Waals surface area contributed by atoms with E-state index in [1.54, 1.807) is 13.1 Å². The average molecular weight is 447 g/mol. The molecule has 0 radical (unpaired) electrons. The van der Waals surface area contributed by atoms with Crippen molar-refractivity contribution in [3.63, 3.8) is 0 Å². The Morgan fingerprint density at radius 3 is 2.41 bits per heavy atom. The van der Waals surface area contributed by atoms with Crippen LogP contribution in [-0.4, -0.2) is 57.1 Å². The second-order valence-corrected chi connectivity index (χ2v) is 7.87. The van der Waals surface area contributed by atoms with Crippen LogP contribution in [0.2, 0.25) is 0 Å². The molecule has 2 aromatic rings. The first-order valence-corrected chi connectivity index (χ1v) is 10.5. The first-order chi connectivity index (χ1) is 15.1. The van der Waals surface area contributed by atoms with Crippen molar-refractivity contribution >= 4 is 34.7 Å². The minimum absolute atomic E-state index is 0.0599. The number of carbonyl (C=O) groups is 4. The fourth-order valence-corrected chi connectivity index (χ4v) is 3.35. The zero-order valence-electron chi connectivity index (χ0n) is 18.1. The number of hydrogen-bond acceptors (Lipinski definition) is 5. The summed E-state index contributed by atoms with van der Waals surface area (Å²) in [4.78, 5) is 51.0. The summed E-state index contributed by atoms with van der Waals surface area (Å²) in [5.41, 5.74) is 7.35. The molecule has 0 saturated carbocycles. The SMILES string of the molecule is CC[C@H](C)[C@H](NC(=O)[C@@H](N)CCC(=O)O)C(=O)N[C@@H](Cc1c[nH]c2ccccc12)C(=O)O. The first-order valence-electron chi connectivity index (χ1n) is 10.5. The van der Waals surface area contributed by atoms with E-state index < -0.39 is 41.9 Å². The van der Waals surface area contributed by atoms with Gasteiger partial charge in [-0.3, -0.25) is 14.4 Å². The van der Waals surface area contributed by atoms with Gasteiger partial charge in [-0.05, 0) is 24.0 Å². The number of H-pyrrole nitrogens is 1. The summed E-state index contributed by atoms with van der Waals surface area (Å²) in [7, 11) is 0. The Morgan fingerprint density at radius 2 is 1.78 bits per heavy atom. The van der Waals surface area contributed by atoms with Gasteiger partial charge in [0.2, 0.25) is 11.8 Å². The number of nitrogens with one attached hydrogen (secondary N) is 3. The summed E-state index contributed by atoms with van der Waals surface area (Å²) in [5.74, 6) is -3.86. The molecule has 0 spiro atoms. The molecule has 10 nitrogen and oxygen atoms in total. The fourth-order valence-electron chi connectivity index (χ4n) is 3.35. The van der Waals surface area contributed by atoms with Crippen molar-refractivity contribution in [2.45, 2.75) is 57.7 Å². The number of nitrogens with two attached hydrogens (primary N) is 1. The second kappa shape index (κ2) is 11.3. The van der Waals surface area contributed by atoms with Crippen molar-refractivity contribution in [2.75, 3.05) is 0 Å². The van der Waals surface area contributed by atoms with E-state index in [4.69, 9.17) is 10.8 Å². The van der Waals surface area contributed by atoms with Gasteiger partial charge in [0.15, 0.2) is 0 Å². The van der Waals surface area contributed by atoms with Crippen LogP contribution >= 0.6 is 0 Å². The van der Waals surface area contributed by atoms with Crippen LogP contribution in [-0.2, 0) is 25.6 Å². The molecule has 1 aromatic heterocycles. The lowest BCUT2D eigenvalue weighted by Gasteiger charge is -2.26. The number of rotatable bonds is 12. The molecule has 2 rings (SSSR count). The Balaban J connectivity index is 2.12. The van der Waals surface area contributed by atoms with E-state index in [1.807, 2.05) is 31.2 Å². The predicted octanol–water partition coefficient (Wildman–Crippen LogP) is 1.00. The summed E-state index contributed by atoms with van der Waals surface area (Å²) in [5, 5.41) is 24.4. The maximum Gasteiger partial charge on any atom is 0.326 e. The molecule has 1 heterocycles. The molecule has 7 N–H and O–H groups in total. The standard InChI is InChI=1S/C22H30N4O6/c1-3-12(2)19(26-20(29)15(23)8-9-18(27)28)21(30)25-17(22(31)32)10-13-11-24-16-7-5-4-6-14(13)16/h4-7,11-12,15,17,19,24H,3,8-10,23H2,1-2H3,(H,25,30)(H,26,29)(H,27,28)(H,31,32)/t12-,15-,17-,19-/m0/s1. The summed E-state index contributed by atoms with van der Waals surface area (Å²) < 4.78 is 0. The first kappa shape index (κ1) is 24.9. The van der Waals surface area contributed by atoms with Gasteiger partial charge in [-0.15, -0.1) is 0 Å². The number of aromatic amines is 1. The smallest absolute Gasteiger partial charge is 0.326 e. The van der Waals surface area contributed by atoms with Crippen LogP contribution in [0.4, 0.5) is 0 Å². The van der Waals surface area contributed by atoms with Crippen molar-refractivity contribution in [3.8, 4) is 0 Å². The minimum atomic E-state index is -1.20. The van der Waals surface area contributed by atoms with Gasteiger partial charge < -0.3 is 31.6 Å². The number of amides is 2. The molecule has 10 heteroatoms. The summed E-state index contributed by atoms with van der Waals surface area (Å²) >= 11 is 0. The molecule has 4 atom stereocenters. The van der Waals surface area contributed by atoms with E-state index in [-0.39, 0.29) is 25.2 Å². The van der Waals surface area contributed by atoms with Crippen LogP contribution in [0.3, 0.4) is 0 Å². The topological polar surface area (TPSA) is 175 Å². The lowest BCUT2D eigenvalue weighted by atomic mass is 9.96. The number of aliphatic carboxylic acids is 2. The van der Waals surface area contributed by atoms with Crippen LogP contribution in [0, 0.1) is 5.92 Å². The summed E-state index contributed by atoms with van der Waals surface area (Å²) in [6.07, 6.45) is 1.96. The maximum atomic E-state index is 12.9. The zero-order chi connectivity index (χ0) is 23.8. The third kappa shape index (κ3) is 6.55. The summed E-state index contributed by atoms with van der Waals surface area (Å²) in [6.45, 7) is 3.59. The monoisotopic (exact) mass is 446 g/mol. The van der Waals surface area contributed by atoms with Gasteiger partial charge in [-0.25, -0.2) is 4.79 Å². The second-order valence-electron chi connectivity index (χ2n) is 7.87. The zero-order valence-corrected chi connectivity index (χ0v) is 18.1. The molecule has 0 unspecified atom stereocenters. The Hall–Kier alpha value is -3.40. The normalized spacial score (nSPS) is 14.8. The number of carboxylic acid groups (broad SMARTS) is 2. The quantitative estimate of drug-likeness (QED) is 0.282. The predicted molar refractivity (Wildman–Crippen MR) is 118 cm³/mol. The Kier molecular flexibility index (Phi) is 8.77. The molecule has 1 aromatic carbocycles. The van der Waals surface area contributed by atoms with Crippen molar-refractivity contribution < 1.29 is 29.4 Å². The van der Waals surface area contributed by atoms with E-state index >= 15 is 0 Å². The van der Waals surface area contributed by atoms with E-state index in [1.165, 1.54) is 0 Å². The number of fused-ring (bicyclic) bond motifs is 1. The van der Waals surface area contributed by atoms with E-state index in [2.05, 4.69) is 15.6 Å². The highest BCUT2D eigenvalue weighted by Crippen LogP contribution is 2.19. The van der Waals surface area contributed by atoms with E-state index in [9.17, 15) is 24.3 Å². The molecule has 0 aliphatic rings. The lowest BCUT2D eigenvalue weighted by molar-refractivity contribution is -0.142. The Labute approximate surface area is 185 Å². The molecule has 0 aliphatic carbocycles. The number of carboxylic acids is 2. The number of hydrogen-bond donors (Lipinski definition) is 6.